The minimum Gasteiger partial charge on any atom is -0.286 e. The van der Waals surface area contributed by atoms with Crippen LogP contribution >= 0.6 is 10.5 Å². The average Bonchev–Trinajstić information content (AvgIpc) is 3.17. The normalized spacial score (nSPS) is 20.2. The van der Waals surface area contributed by atoms with Gasteiger partial charge in [0.25, 0.3) is 15.3 Å². The molecule has 0 spiro atoms. The van der Waals surface area contributed by atoms with Gasteiger partial charge in [-0.1, -0.05) is 46.2 Å². The molecule has 1 aliphatic heterocycles. The molecule has 27 heavy (non-hydrogen) atoms. The van der Waals surface area contributed by atoms with Gasteiger partial charge >= 0.3 is 0 Å². The van der Waals surface area contributed by atoms with Crippen LogP contribution in [0.4, 0.5) is 4.79 Å². The highest BCUT2D eigenvalue weighted by molar-refractivity contribution is 8.28. The van der Waals surface area contributed by atoms with Crippen LogP contribution < -0.4 is 5.32 Å². The number of hydrogen-bond donors (Lipinski definition) is 1. The Balaban J connectivity index is 1.89. The molecule has 4 rings (SSSR count). The number of nitrogens with one attached hydrogen (secondary N) is 1. The maximum Gasteiger partial charge on any atom is 0.280 e. The van der Waals surface area contributed by atoms with Gasteiger partial charge in [-0.15, -0.1) is 0 Å². The summed E-state index contributed by atoms with van der Waals surface area (Å²) in [4.78, 5) is 24.2. The molecule has 2 unspecified atom stereocenters. The standard InChI is InChI=1S/C19H16N2O4S2/c1-12-6-8-13(9-7-12)27(24,25)21-11-10-14-15(4-3-5-16(14)21)17-18(22)20-19(23)26(17)2/h3-11,17H,2H2,1H3,(H,20,22,23). The smallest absolute Gasteiger partial charge is 0.280 e. The number of aryl methyl sites for hydroxylation is 1. The number of imide groups is 1. The van der Waals surface area contributed by atoms with E-state index in [-0.39, 0.29) is 4.90 Å². The van der Waals surface area contributed by atoms with Gasteiger partial charge < -0.3 is 0 Å². The number of aromatic nitrogens is 1. The van der Waals surface area contributed by atoms with Crippen molar-refractivity contribution in [1.82, 2.24) is 9.29 Å². The van der Waals surface area contributed by atoms with E-state index in [0.29, 0.717) is 16.5 Å². The number of fused-ring (bicyclic) bond motifs is 1. The Labute approximate surface area is 158 Å². The van der Waals surface area contributed by atoms with E-state index in [1.165, 1.54) is 10.2 Å². The molecule has 1 aromatic heterocycles. The summed E-state index contributed by atoms with van der Waals surface area (Å²) in [7, 11) is -4.83. The molecule has 1 fully saturated rings. The summed E-state index contributed by atoms with van der Waals surface area (Å²) in [6, 6.07) is 13.4. The fourth-order valence-electron chi connectivity index (χ4n) is 3.19. The van der Waals surface area contributed by atoms with Gasteiger partial charge in [0.15, 0.2) is 0 Å². The Morgan fingerprint density at radius 1 is 1.07 bits per heavy atom. The lowest BCUT2D eigenvalue weighted by Crippen LogP contribution is -2.20. The van der Waals surface area contributed by atoms with Gasteiger partial charge in [-0.05, 0) is 36.8 Å². The van der Waals surface area contributed by atoms with Crippen LogP contribution in [0.1, 0.15) is 16.4 Å². The fraction of sp³-hybridized carbons (Fsp3) is 0.105. The van der Waals surface area contributed by atoms with Crippen molar-refractivity contribution in [2.24, 2.45) is 0 Å². The van der Waals surface area contributed by atoms with Crippen molar-refractivity contribution in [3.63, 3.8) is 0 Å². The van der Waals surface area contributed by atoms with E-state index in [9.17, 15) is 18.0 Å². The molecule has 1 N–H and O–H groups in total. The molecule has 2 amide bonds. The molecule has 1 aliphatic rings. The zero-order chi connectivity index (χ0) is 19.3. The van der Waals surface area contributed by atoms with Crippen LogP contribution in [0.2, 0.25) is 0 Å². The highest BCUT2D eigenvalue weighted by Crippen LogP contribution is 2.42. The van der Waals surface area contributed by atoms with Crippen molar-refractivity contribution in [3.8, 4) is 0 Å². The lowest BCUT2D eigenvalue weighted by Gasteiger charge is -2.12. The summed E-state index contributed by atoms with van der Waals surface area (Å²) in [5, 5.41) is 1.81. The maximum atomic E-state index is 13.1. The third kappa shape index (κ3) is 2.72. The molecule has 2 heterocycles. The number of carbonyl (C=O) groups is 2. The third-order valence-corrected chi connectivity index (χ3v) is 7.90. The molecular weight excluding hydrogens is 384 g/mol. The first kappa shape index (κ1) is 17.7. The first-order chi connectivity index (χ1) is 12.8. The van der Waals surface area contributed by atoms with Crippen LogP contribution in [0, 0.1) is 6.92 Å². The summed E-state index contributed by atoms with van der Waals surface area (Å²) in [5.41, 5.74) is 2.03. The maximum absolute atomic E-state index is 13.1. The highest BCUT2D eigenvalue weighted by Gasteiger charge is 2.36. The second-order valence-corrected chi connectivity index (χ2v) is 9.81. The average molecular weight is 400 g/mol. The topological polar surface area (TPSA) is 85.2 Å². The zero-order valence-corrected chi connectivity index (χ0v) is 16.0. The molecule has 0 aliphatic carbocycles. The molecule has 6 nitrogen and oxygen atoms in total. The van der Waals surface area contributed by atoms with E-state index in [1.54, 1.807) is 48.5 Å². The molecule has 8 heteroatoms. The van der Waals surface area contributed by atoms with Gasteiger partial charge in [-0.3, -0.25) is 14.9 Å². The van der Waals surface area contributed by atoms with Crippen LogP contribution in [-0.2, 0) is 14.8 Å². The number of hydrogen-bond acceptors (Lipinski definition) is 4. The van der Waals surface area contributed by atoms with E-state index in [1.807, 2.05) is 6.92 Å². The number of carbonyl (C=O) groups excluding carboxylic acids is 2. The number of rotatable bonds is 3. The molecule has 3 aromatic rings. The monoisotopic (exact) mass is 400 g/mol. The van der Waals surface area contributed by atoms with Crippen molar-refractivity contribution in [3.05, 3.63) is 65.9 Å². The molecular formula is C19H16N2O4S2. The van der Waals surface area contributed by atoms with E-state index in [0.717, 1.165) is 5.56 Å². The number of nitrogens with zero attached hydrogens (tertiary/aromatic N) is 1. The second-order valence-electron chi connectivity index (χ2n) is 6.30. The van der Waals surface area contributed by atoms with Crippen molar-refractivity contribution in [2.75, 3.05) is 0 Å². The Kier molecular flexibility index (Phi) is 4.05. The zero-order valence-electron chi connectivity index (χ0n) is 14.4. The van der Waals surface area contributed by atoms with Crippen LogP contribution in [0.3, 0.4) is 0 Å². The quantitative estimate of drug-likeness (QED) is 0.684. The Morgan fingerprint density at radius 3 is 2.41 bits per heavy atom. The lowest BCUT2D eigenvalue weighted by molar-refractivity contribution is -0.119. The summed E-state index contributed by atoms with van der Waals surface area (Å²) in [6.07, 6.45) is 1.47. The Bertz CT molecular complexity index is 1220. The fourth-order valence-corrected chi connectivity index (χ4v) is 5.81. The SMILES string of the molecule is C=S1C(=O)NC(=O)C1c1cccc2c1ccn2S(=O)(=O)c1ccc(C)cc1. The molecule has 0 saturated carbocycles. The van der Waals surface area contributed by atoms with Crippen molar-refractivity contribution < 1.29 is 18.0 Å². The second kappa shape index (κ2) is 6.17. The van der Waals surface area contributed by atoms with Gasteiger partial charge in [0.1, 0.15) is 5.25 Å². The minimum absolute atomic E-state index is 0.182. The predicted molar refractivity (Wildman–Crippen MR) is 107 cm³/mol. The van der Waals surface area contributed by atoms with E-state index in [2.05, 4.69) is 11.2 Å². The van der Waals surface area contributed by atoms with E-state index >= 15 is 0 Å². The summed E-state index contributed by atoms with van der Waals surface area (Å²) >= 11 is 0. The van der Waals surface area contributed by atoms with Crippen molar-refractivity contribution in [2.45, 2.75) is 17.1 Å². The van der Waals surface area contributed by atoms with Gasteiger partial charge in [0, 0.05) is 11.6 Å². The lowest BCUT2D eigenvalue weighted by atomic mass is 10.1. The van der Waals surface area contributed by atoms with Gasteiger partial charge in [0.2, 0.25) is 5.91 Å². The van der Waals surface area contributed by atoms with Gasteiger partial charge in [-0.25, -0.2) is 12.4 Å². The molecule has 2 aromatic carbocycles. The predicted octanol–water partition coefficient (Wildman–Crippen LogP) is 3.18. The van der Waals surface area contributed by atoms with Crippen LogP contribution in [0.25, 0.3) is 10.9 Å². The summed E-state index contributed by atoms with van der Waals surface area (Å²) < 4.78 is 27.3. The third-order valence-electron chi connectivity index (χ3n) is 4.58. The molecule has 2 atom stereocenters. The van der Waals surface area contributed by atoms with Gasteiger partial charge in [0.05, 0.1) is 10.4 Å². The first-order valence-corrected chi connectivity index (χ1v) is 11.0. The number of benzene rings is 2. The summed E-state index contributed by atoms with van der Waals surface area (Å²) in [5.74, 6) is 3.41. The van der Waals surface area contributed by atoms with Crippen LogP contribution in [0.5, 0.6) is 0 Å². The highest BCUT2D eigenvalue weighted by atomic mass is 32.2. The van der Waals surface area contributed by atoms with E-state index in [4.69, 9.17) is 0 Å². The molecule has 1 saturated heterocycles. The van der Waals surface area contributed by atoms with Crippen LogP contribution in [0.15, 0.2) is 59.6 Å². The minimum atomic E-state index is -3.78. The van der Waals surface area contributed by atoms with Gasteiger partial charge in [-0.2, -0.15) is 0 Å². The Morgan fingerprint density at radius 2 is 1.78 bits per heavy atom. The molecule has 0 radical (unpaired) electrons. The number of amides is 2. The molecule has 138 valence electrons. The molecule has 0 bridgehead atoms. The van der Waals surface area contributed by atoms with Crippen molar-refractivity contribution in [1.29, 1.82) is 0 Å². The first-order valence-electron chi connectivity index (χ1n) is 8.10. The summed E-state index contributed by atoms with van der Waals surface area (Å²) in [6.45, 7) is 1.89. The van der Waals surface area contributed by atoms with Crippen molar-refractivity contribution >= 4 is 48.4 Å². The Hall–Kier alpha value is -2.71. The van der Waals surface area contributed by atoms with E-state index < -0.39 is 36.9 Å². The van der Waals surface area contributed by atoms with Crippen LogP contribution in [-0.4, -0.2) is 29.4 Å². The largest absolute Gasteiger partial charge is 0.286 e.